The minimum Gasteiger partial charge on any atom is -0.359 e. The topological polar surface area (TPSA) is 95.6 Å². The summed E-state index contributed by atoms with van der Waals surface area (Å²) >= 11 is 0. The van der Waals surface area contributed by atoms with E-state index in [9.17, 15) is 19.2 Å². The highest BCUT2D eigenvalue weighted by atomic mass is 16.2. The van der Waals surface area contributed by atoms with Gasteiger partial charge in [-0.1, -0.05) is 0 Å². The van der Waals surface area contributed by atoms with Crippen molar-refractivity contribution in [1.29, 1.82) is 0 Å². The average molecular weight is 239 g/mol. The lowest BCUT2D eigenvalue weighted by Crippen LogP contribution is -2.59. The zero-order valence-electron chi connectivity index (χ0n) is 9.41. The van der Waals surface area contributed by atoms with Gasteiger partial charge in [0, 0.05) is 20.0 Å². The van der Waals surface area contributed by atoms with E-state index in [1.807, 2.05) is 0 Å². The second-order valence-electron chi connectivity index (χ2n) is 4.22. The first-order valence-corrected chi connectivity index (χ1v) is 5.39. The van der Waals surface area contributed by atoms with Gasteiger partial charge in [0.2, 0.25) is 17.7 Å². The maximum absolute atomic E-state index is 11.9. The van der Waals surface area contributed by atoms with Crippen LogP contribution in [0.3, 0.4) is 0 Å². The molecule has 1 saturated heterocycles. The third kappa shape index (κ3) is 1.77. The number of carbonyl (C=O) groups excluding carboxylic acids is 4. The van der Waals surface area contributed by atoms with Crippen LogP contribution in [0, 0.1) is 5.41 Å². The van der Waals surface area contributed by atoms with Crippen molar-refractivity contribution in [3.63, 3.8) is 0 Å². The molecule has 1 heterocycles. The molecule has 0 aromatic rings. The number of nitrogens with one attached hydrogen (secondary N) is 2. The Balaban J connectivity index is 2.06. The standard InChI is InChI=1S/C10H13N3O4/c1-11-6(14)2-5-13-8(16)10(3-4-10)7(15)12-9(13)17/h2-5H2,1H3,(H,11,14)(H,12,15,17). The molecule has 0 aromatic carbocycles. The number of barbiturate groups is 1. The number of rotatable bonds is 3. The van der Waals surface area contributed by atoms with Gasteiger partial charge in [0.1, 0.15) is 5.41 Å². The molecular formula is C10H13N3O4. The average Bonchev–Trinajstić information content (AvgIpc) is 3.08. The van der Waals surface area contributed by atoms with Crippen molar-refractivity contribution in [3.8, 4) is 0 Å². The van der Waals surface area contributed by atoms with Gasteiger partial charge in [0.05, 0.1) is 0 Å². The summed E-state index contributed by atoms with van der Waals surface area (Å²) in [6, 6.07) is -0.735. The van der Waals surface area contributed by atoms with Crippen molar-refractivity contribution in [2.24, 2.45) is 5.41 Å². The predicted molar refractivity (Wildman–Crippen MR) is 55.6 cm³/mol. The molecule has 0 aromatic heterocycles. The summed E-state index contributed by atoms with van der Waals surface area (Å²) in [5, 5.41) is 4.55. The minimum absolute atomic E-state index is 0.000625. The first-order valence-electron chi connectivity index (χ1n) is 5.39. The number of imide groups is 2. The largest absolute Gasteiger partial charge is 0.359 e. The lowest BCUT2D eigenvalue weighted by Gasteiger charge is -2.29. The van der Waals surface area contributed by atoms with Crippen molar-refractivity contribution < 1.29 is 19.2 Å². The van der Waals surface area contributed by atoms with E-state index < -0.39 is 23.3 Å². The lowest BCUT2D eigenvalue weighted by molar-refractivity contribution is -0.144. The number of nitrogens with zero attached hydrogens (tertiary/aromatic N) is 1. The van der Waals surface area contributed by atoms with E-state index in [0.717, 1.165) is 4.90 Å². The van der Waals surface area contributed by atoms with Crippen LogP contribution in [-0.2, 0) is 14.4 Å². The van der Waals surface area contributed by atoms with E-state index in [1.54, 1.807) is 0 Å². The molecule has 92 valence electrons. The number of hydrogen-bond donors (Lipinski definition) is 2. The van der Waals surface area contributed by atoms with Crippen molar-refractivity contribution in [2.45, 2.75) is 19.3 Å². The Morgan fingerprint density at radius 3 is 2.59 bits per heavy atom. The highest BCUT2D eigenvalue weighted by molar-refractivity contribution is 6.20. The maximum atomic E-state index is 11.9. The van der Waals surface area contributed by atoms with E-state index in [4.69, 9.17) is 0 Å². The molecule has 2 N–H and O–H groups in total. The maximum Gasteiger partial charge on any atom is 0.330 e. The Kier molecular flexibility index (Phi) is 2.60. The molecule has 1 aliphatic carbocycles. The molecule has 0 radical (unpaired) electrons. The zero-order chi connectivity index (χ0) is 12.6. The van der Waals surface area contributed by atoms with E-state index in [1.165, 1.54) is 7.05 Å². The van der Waals surface area contributed by atoms with Crippen LogP contribution >= 0.6 is 0 Å². The minimum atomic E-state index is -1.03. The molecule has 1 spiro atoms. The highest BCUT2D eigenvalue weighted by Crippen LogP contribution is 2.48. The van der Waals surface area contributed by atoms with Crippen molar-refractivity contribution in [2.75, 3.05) is 13.6 Å². The van der Waals surface area contributed by atoms with Crippen LogP contribution in [0.5, 0.6) is 0 Å². The number of hydrogen-bond acceptors (Lipinski definition) is 4. The third-order valence-corrected chi connectivity index (χ3v) is 3.15. The number of carbonyl (C=O) groups is 4. The molecule has 7 nitrogen and oxygen atoms in total. The zero-order valence-corrected chi connectivity index (χ0v) is 9.41. The summed E-state index contributed by atoms with van der Waals surface area (Å²) in [4.78, 5) is 46.9. The first-order chi connectivity index (χ1) is 8.01. The van der Waals surface area contributed by atoms with Gasteiger partial charge < -0.3 is 5.32 Å². The predicted octanol–water partition coefficient (Wildman–Crippen LogP) is -1.02. The second-order valence-corrected chi connectivity index (χ2v) is 4.22. The van der Waals surface area contributed by atoms with E-state index in [0.29, 0.717) is 12.8 Å². The lowest BCUT2D eigenvalue weighted by atomic mass is 10.0. The fourth-order valence-corrected chi connectivity index (χ4v) is 1.84. The Morgan fingerprint density at radius 2 is 2.06 bits per heavy atom. The van der Waals surface area contributed by atoms with Crippen molar-refractivity contribution in [1.82, 2.24) is 15.5 Å². The SMILES string of the molecule is CNC(=O)CCN1C(=O)NC(=O)C2(CC2)C1=O. The van der Waals surface area contributed by atoms with Crippen LogP contribution in [0.4, 0.5) is 4.79 Å². The number of urea groups is 1. The monoisotopic (exact) mass is 239 g/mol. The summed E-state index contributed by atoms with van der Waals surface area (Å²) in [7, 11) is 1.48. The Bertz CT molecular complexity index is 414. The summed E-state index contributed by atoms with van der Waals surface area (Å²) in [6.45, 7) is -0.000625. The molecule has 1 aliphatic heterocycles. The first kappa shape index (κ1) is 11.6. The normalized spacial score (nSPS) is 21.5. The fraction of sp³-hybridized carbons (Fsp3) is 0.600. The molecule has 17 heavy (non-hydrogen) atoms. The third-order valence-electron chi connectivity index (χ3n) is 3.15. The van der Waals surface area contributed by atoms with Gasteiger partial charge >= 0.3 is 6.03 Å². The van der Waals surface area contributed by atoms with Crippen LogP contribution in [0.25, 0.3) is 0 Å². The summed E-state index contributed by atoms with van der Waals surface area (Å²) < 4.78 is 0. The molecular weight excluding hydrogens is 226 g/mol. The van der Waals surface area contributed by atoms with Gasteiger partial charge in [-0.05, 0) is 12.8 Å². The second kappa shape index (κ2) is 3.83. The van der Waals surface area contributed by atoms with Gasteiger partial charge in [-0.15, -0.1) is 0 Å². The number of amides is 5. The Morgan fingerprint density at radius 1 is 1.41 bits per heavy atom. The summed E-state index contributed by atoms with van der Waals surface area (Å²) in [5.74, 6) is -1.24. The highest BCUT2D eigenvalue weighted by Gasteiger charge is 2.62. The van der Waals surface area contributed by atoms with E-state index in [2.05, 4.69) is 10.6 Å². The summed E-state index contributed by atoms with van der Waals surface area (Å²) in [5.41, 5.74) is -1.03. The van der Waals surface area contributed by atoms with Crippen molar-refractivity contribution in [3.05, 3.63) is 0 Å². The van der Waals surface area contributed by atoms with E-state index in [-0.39, 0.29) is 18.9 Å². The van der Waals surface area contributed by atoms with Gasteiger partial charge in [0.25, 0.3) is 0 Å². The van der Waals surface area contributed by atoms with Crippen LogP contribution in [0.1, 0.15) is 19.3 Å². The molecule has 5 amide bonds. The molecule has 0 unspecified atom stereocenters. The van der Waals surface area contributed by atoms with Crippen LogP contribution < -0.4 is 10.6 Å². The molecule has 0 atom stereocenters. The quantitative estimate of drug-likeness (QED) is 0.616. The molecule has 7 heteroatoms. The smallest absolute Gasteiger partial charge is 0.330 e. The van der Waals surface area contributed by atoms with E-state index >= 15 is 0 Å². The van der Waals surface area contributed by atoms with Gasteiger partial charge in [-0.2, -0.15) is 0 Å². The van der Waals surface area contributed by atoms with Crippen LogP contribution in [0.15, 0.2) is 0 Å². The van der Waals surface area contributed by atoms with Crippen LogP contribution in [-0.4, -0.2) is 42.2 Å². The van der Waals surface area contributed by atoms with Crippen LogP contribution in [0.2, 0.25) is 0 Å². The Hall–Kier alpha value is -1.92. The fourth-order valence-electron chi connectivity index (χ4n) is 1.84. The molecule has 0 bridgehead atoms. The molecule has 2 rings (SSSR count). The van der Waals surface area contributed by atoms with Gasteiger partial charge in [-0.25, -0.2) is 4.79 Å². The van der Waals surface area contributed by atoms with Gasteiger partial charge in [-0.3, -0.25) is 24.6 Å². The summed E-state index contributed by atoms with van der Waals surface area (Å²) in [6.07, 6.45) is 0.989. The Labute approximate surface area is 97.5 Å². The molecule has 2 fully saturated rings. The molecule has 2 aliphatic rings. The van der Waals surface area contributed by atoms with Gasteiger partial charge in [0.15, 0.2) is 0 Å². The van der Waals surface area contributed by atoms with Crippen molar-refractivity contribution >= 4 is 23.8 Å². The molecule has 1 saturated carbocycles.